The van der Waals surface area contributed by atoms with Crippen molar-refractivity contribution in [2.75, 3.05) is 25.7 Å². The van der Waals surface area contributed by atoms with Gasteiger partial charge in [0.05, 0.1) is 19.9 Å². The largest absolute Gasteiger partial charge is 0.493 e. The van der Waals surface area contributed by atoms with Crippen molar-refractivity contribution in [1.29, 1.82) is 0 Å². The molecular weight excluding hydrogens is 365 g/mol. The van der Waals surface area contributed by atoms with E-state index in [9.17, 15) is 9.18 Å². The molecule has 1 atom stereocenters. The summed E-state index contributed by atoms with van der Waals surface area (Å²) in [4.78, 5) is 18.2. The quantitative estimate of drug-likeness (QED) is 0.672. The molecule has 3 aromatic rings. The summed E-state index contributed by atoms with van der Waals surface area (Å²) in [5, 5.41) is 4.03. The fraction of sp³-hybridized carbons (Fsp3) is 0.250. The zero-order chi connectivity index (χ0) is 19.7. The summed E-state index contributed by atoms with van der Waals surface area (Å²) in [6.07, 6.45) is 0.194. The van der Waals surface area contributed by atoms with Crippen LogP contribution in [-0.2, 0) is 4.79 Å². The predicted octanol–water partition coefficient (Wildman–Crippen LogP) is 3.41. The van der Waals surface area contributed by atoms with Crippen LogP contribution < -0.4 is 14.4 Å². The molecule has 28 heavy (non-hydrogen) atoms. The number of hydrogen-bond donors (Lipinski definition) is 0. The van der Waals surface area contributed by atoms with Crippen molar-refractivity contribution in [1.82, 2.24) is 10.1 Å². The van der Waals surface area contributed by atoms with Gasteiger partial charge in [0.2, 0.25) is 5.91 Å². The van der Waals surface area contributed by atoms with Gasteiger partial charge in [-0.25, -0.2) is 4.39 Å². The lowest BCUT2D eigenvalue weighted by Crippen LogP contribution is -2.25. The SMILES string of the molecule is COc1ccc(-c2nc(C3CC(=O)N(c4ccccc4F)C3)no2)cc1OC. The van der Waals surface area contributed by atoms with Crippen molar-refractivity contribution >= 4 is 11.6 Å². The number of benzene rings is 2. The summed E-state index contributed by atoms with van der Waals surface area (Å²) in [6, 6.07) is 11.5. The zero-order valence-electron chi connectivity index (χ0n) is 15.4. The van der Waals surface area contributed by atoms with E-state index in [1.54, 1.807) is 50.6 Å². The van der Waals surface area contributed by atoms with Crippen LogP contribution in [-0.4, -0.2) is 36.8 Å². The van der Waals surface area contributed by atoms with Gasteiger partial charge in [0.15, 0.2) is 17.3 Å². The molecule has 0 N–H and O–H groups in total. The molecule has 0 bridgehead atoms. The molecule has 1 aromatic heterocycles. The normalized spacial score (nSPS) is 16.5. The maximum Gasteiger partial charge on any atom is 0.258 e. The standard InChI is InChI=1S/C20H18FN3O4/c1-26-16-8-7-12(9-17(16)27-2)20-22-19(23-28-20)13-10-18(25)24(11-13)15-6-4-3-5-14(15)21/h3-9,13H,10-11H2,1-2H3. The first-order valence-electron chi connectivity index (χ1n) is 8.71. The lowest BCUT2D eigenvalue weighted by molar-refractivity contribution is -0.117. The second-order valence-electron chi connectivity index (χ2n) is 6.38. The van der Waals surface area contributed by atoms with Crippen LogP contribution in [0.5, 0.6) is 11.5 Å². The topological polar surface area (TPSA) is 77.7 Å². The van der Waals surface area contributed by atoms with Crippen LogP contribution in [0.25, 0.3) is 11.5 Å². The summed E-state index contributed by atoms with van der Waals surface area (Å²) < 4.78 is 29.9. The summed E-state index contributed by atoms with van der Waals surface area (Å²) in [5.41, 5.74) is 0.935. The highest BCUT2D eigenvalue weighted by atomic mass is 19.1. The van der Waals surface area contributed by atoms with Gasteiger partial charge in [0.25, 0.3) is 5.89 Å². The van der Waals surface area contributed by atoms with Gasteiger partial charge >= 0.3 is 0 Å². The maximum absolute atomic E-state index is 14.0. The van der Waals surface area contributed by atoms with E-state index in [0.29, 0.717) is 35.3 Å². The average Bonchev–Trinajstić information content (AvgIpc) is 3.35. The highest BCUT2D eigenvalue weighted by molar-refractivity contribution is 5.96. The van der Waals surface area contributed by atoms with Crippen LogP contribution >= 0.6 is 0 Å². The third-order valence-corrected chi connectivity index (χ3v) is 4.71. The van der Waals surface area contributed by atoms with Crippen LogP contribution in [0.3, 0.4) is 0 Å². The van der Waals surface area contributed by atoms with Gasteiger partial charge in [-0.05, 0) is 30.3 Å². The maximum atomic E-state index is 14.0. The number of methoxy groups -OCH3 is 2. The summed E-state index contributed by atoms with van der Waals surface area (Å²) in [5.74, 6) is 0.979. The van der Waals surface area contributed by atoms with Crippen molar-refractivity contribution in [2.45, 2.75) is 12.3 Å². The molecule has 0 radical (unpaired) electrons. The molecule has 144 valence electrons. The molecule has 1 saturated heterocycles. The lowest BCUT2D eigenvalue weighted by atomic mass is 10.1. The van der Waals surface area contributed by atoms with Crippen molar-refractivity contribution in [3.63, 3.8) is 0 Å². The second-order valence-corrected chi connectivity index (χ2v) is 6.38. The molecule has 0 saturated carbocycles. The molecule has 2 aromatic carbocycles. The van der Waals surface area contributed by atoms with Gasteiger partial charge < -0.3 is 18.9 Å². The smallest absolute Gasteiger partial charge is 0.258 e. The predicted molar refractivity (Wildman–Crippen MR) is 98.9 cm³/mol. The number of amides is 1. The molecule has 1 aliphatic heterocycles. The van der Waals surface area contributed by atoms with Crippen LogP contribution in [0.15, 0.2) is 47.0 Å². The van der Waals surface area contributed by atoms with E-state index in [1.165, 1.54) is 11.0 Å². The van der Waals surface area contributed by atoms with Crippen molar-refractivity contribution in [3.8, 4) is 23.0 Å². The number of rotatable bonds is 5. The van der Waals surface area contributed by atoms with Crippen molar-refractivity contribution < 1.29 is 23.2 Å². The highest BCUT2D eigenvalue weighted by Gasteiger charge is 2.35. The fourth-order valence-corrected chi connectivity index (χ4v) is 3.27. The molecule has 1 fully saturated rings. The molecule has 0 spiro atoms. The number of anilines is 1. The Kier molecular flexibility index (Phi) is 4.68. The van der Waals surface area contributed by atoms with Crippen molar-refractivity contribution in [2.24, 2.45) is 0 Å². The second kappa shape index (κ2) is 7.30. The molecule has 2 heterocycles. The Morgan fingerprint density at radius 2 is 1.93 bits per heavy atom. The van der Waals surface area contributed by atoms with Gasteiger partial charge in [0.1, 0.15) is 5.82 Å². The van der Waals surface area contributed by atoms with Gasteiger partial charge in [-0.2, -0.15) is 4.98 Å². The number of para-hydroxylation sites is 1. The number of ether oxygens (including phenoxy) is 2. The summed E-state index contributed by atoms with van der Waals surface area (Å²) in [7, 11) is 3.10. The first-order chi connectivity index (χ1) is 13.6. The minimum Gasteiger partial charge on any atom is -0.493 e. The zero-order valence-corrected chi connectivity index (χ0v) is 15.4. The van der Waals surface area contributed by atoms with Crippen LogP contribution in [0.2, 0.25) is 0 Å². The van der Waals surface area contributed by atoms with E-state index in [0.717, 1.165) is 0 Å². The lowest BCUT2D eigenvalue weighted by Gasteiger charge is -2.16. The molecular formula is C20H18FN3O4. The number of carbonyl (C=O) groups is 1. The first kappa shape index (κ1) is 18.0. The summed E-state index contributed by atoms with van der Waals surface area (Å²) in [6.45, 7) is 0.296. The fourth-order valence-electron chi connectivity index (χ4n) is 3.27. The Hall–Kier alpha value is -3.42. The van der Waals surface area contributed by atoms with Gasteiger partial charge in [-0.1, -0.05) is 17.3 Å². The Labute approximate surface area is 160 Å². The van der Waals surface area contributed by atoms with Gasteiger partial charge in [-0.15, -0.1) is 0 Å². The Morgan fingerprint density at radius 1 is 1.14 bits per heavy atom. The molecule has 0 aliphatic carbocycles. The molecule has 8 heteroatoms. The summed E-state index contributed by atoms with van der Waals surface area (Å²) >= 11 is 0. The molecule has 1 amide bonds. The molecule has 1 aliphatic rings. The van der Waals surface area contributed by atoms with E-state index in [-0.39, 0.29) is 23.9 Å². The van der Waals surface area contributed by atoms with Crippen LogP contribution in [0, 0.1) is 5.82 Å². The Bertz CT molecular complexity index is 1020. The van der Waals surface area contributed by atoms with Crippen molar-refractivity contribution in [3.05, 3.63) is 54.1 Å². The van der Waals surface area contributed by atoms with Gasteiger partial charge in [0, 0.05) is 24.4 Å². The Morgan fingerprint density at radius 3 is 2.68 bits per heavy atom. The number of aromatic nitrogens is 2. The van der Waals surface area contributed by atoms with E-state index in [1.807, 2.05) is 0 Å². The van der Waals surface area contributed by atoms with E-state index < -0.39 is 5.82 Å². The van der Waals surface area contributed by atoms with Crippen LogP contribution in [0.4, 0.5) is 10.1 Å². The van der Waals surface area contributed by atoms with E-state index in [2.05, 4.69) is 10.1 Å². The van der Waals surface area contributed by atoms with E-state index >= 15 is 0 Å². The minimum atomic E-state index is -0.435. The molecule has 1 unspecified atom stereocenters. The highest BCUT2D eigenvalue weighted by Crippen LogP contribution is 2.34. The number of halogens is 1. The Balaban J connectivity index is 1.57. The average molecular weight is 383 g/mol. The molecule has 4 rings (SSSR count). The third kappa shape index (κ3) is 3.17. The third-order valence-electron chi connectivity index (χ3n) is 4.71. The monoisotopic (exact) mass is 383 g/mol. The molecule has 7 nitrogen and oxygen atoms in total. The first-order valence-corrected chi connectivity index (χ1v) is 8.71. The van der Waals surface area contributed by atoms with Crippen LogP contribution in [0.1, 0.15) is 18.2 Å². The van der Waals surface area contributed by atoms with E-state index in [4.69, 9.17) is 14.0 Å². The number of nitrogens with zero attached hydrogens (tertiary/aromatic N) is 3. The minimum absolute atomic E-state index is 0.174. The number of carbonyl (C=O) groups excluding carboxylic acids is 1. The van der Waals surface area contributed by atoms with Gasteiger partial charge in [-0.3, -0.25) is 4.79 Å². The number of hydrogen-bond acceptors (Lipinski definition) is 6.